The van der Waals surface area contributed by atoms with Crippen LogP contribution in [-0.2, 0) is 14.4 Å². The Labute approximate surface area is 184 Å². The van der Waals surface area contributed by atoms with Gasteiger partial charge in [0.05, 0.1) is 11.1 Å². The maximum absolute atomic E-state index is 13.0. The van der Waals surface area contributed by atoms with E-state index >= 15 is 0 Å². The van der Waals surface area contributed by atoms with Crippen LogP contribution < -0.4 is 5.32 Å². The predicted octanol–water partition coefficient (Wildman–Crippen LogP) is 4.60. The van der Waals surface area contributed by atoms with Gasteiger partial charge >= 0.3 is 0 Å². The van der Waals surface area contributed by atoms with Gasteiger partial charge in [0, 0.05) is 34.8 Å². The smallest absolute Gasteiger partial charge is 0.235 e. The summed E-state index contributed by atoms with van der Waals surface area (Å²) in [4.78, 5) is 44.1. The highest BCUT2D eigenvalue weighted by molar-refractivity contribution is 7.14. The van der Waals surface area contributed by atoms with Crippen LogP contribution in [0, 0.1) is 16.7 Å². The molecule has 1 saturated heterocycles. The first-order valence-electron chi connectivity index (χ1n) is 10.0. The van der Waals surface area contributed by atoms with Crippen molar-refractivity contribution in [2.24, 2.45) is 16.7 Å². The largest absolute Gasteiger partial charge is 0.302 e. The zero-order valence-corrected chi connectivity index (χ0v) is 18.8. The molecule has 6 nitrogen and oxygen atoms in total. The van der Waals surface area contributed by atoms with Gasteiger partial charge in [0.15, 0.2) is 5.13 Å². The maximum atomic E-state index is 13.0. The molecule has 2 unspecified atom stereocenters. The first-order valence-corrected chi connectivity index (χ1v) is 11.3. The van der Waals surface area contributed by atoms with Crippen LogP contribution in [0.25, 0.3) is 11.3 Å². The van der Waals surface area contributed by atoms with E-state index in [1.165, 1.54) is 16.2 Å². The Balaban J connectivity index is 1.38. The Bertz CT molecular complexity index is 1020. The van der Waals surface area contributed by atoms with Gasteiger partial charge in [-0.05, 0) is 30.4 Å². The molecule has 0 spiro atoms. The van der Waals surface area contributed by atoms with Crippen LogP contribution in [0.1, 0.15) is 40.0 Å². The second-order valence-electron chi connectivity index (χ2n) is 8.78. The average Bonchev–Trinajstić information content (AvgIpc) is 3.22. The zero-order valence-electron chi connectivity index (χ0n) is 17.2. The number of carbonyl (C=O) groups excluding carboxylic acids is 3. The van der Waals surface area contributed by atoms with Crippen LogP contribution in [-0.4, -0.2) is 34.2 Å². The molecule has 3 amide bonds. The SMILES string of the molecule is CC12CCC(C(=O)N(CCC(=O)Nc3nc(-c4ccc(Cl)cc4)cs3)C1=O)C2(C)C. The molecule has 2 atom stereocenters. The van der Waals surface area contributed by atoms with Crippen molar-refractivity contribution in [2.75, 3.05) is 11.9 Å². The molecule has 1 aliphatic heterocycles. The number of piperidine rings is 1. The lowest BCUT2D eigenvalue weighted by Gasteiger charge is -2.47. The molecular weight excluding hydrogens is 422 g/mol. The van der Waals surface area contributed by atoms with Gasteiger partial charge in [-0.25, -0.2) is 4.98 Å². The predicted molar refractivity (Wildman–Crippen MR) is 117 cm³/mol. The van der Waals surface area contributed by atoms with E-state index in [-0.39, 0.29) is 42.0 Å². The van der Waals surface area contributed by atoms with E-state index in [1.807, 2.05) is 38.3 Å². The van der Waals surface area contributed by atoms with Crippen molar-refractivity contribution in [1.29, 1.82) is 0 Å². The topological polar surface area (TPSA) is 79.4 Å². The van der Waals surface area contributed by atoms with Crippen LogP contribution >= 0.6 is 22.9 Å². The number of carbonyl (C=O) groups is 3. The van der Waals surface area contributed by atoms with Crippen LogP contribution in [0.2, 0.25) is 5.02 Å². The molecule has 1 saturated carbocycles. The van der Waals surface area contributed by atoms with Gasteiger partial charge < -0.3 is 5.32 Å². The number of benzene rings is 1. The number of anilines is 1. The molecule has 4 rings (SSSR count). The molecule has 1 N–H and O–H groups in total. The Morgan fingerprint density at radius 2 is 1.97 bits per heavy atom. The van der Waals surface area contributed by atoms with Crippen molar-refractivity contribution in [3.05, 3.63) is 34.7 Å². The van der Waals surface area contributed by atoms with E-state index in [0.29, 0.717) is 16.6 Å². The number of thiazole rings is 1. The standard InChI is InChI=1S/C22H24ClN3O3S/c1-21(2)15-8-10-22(21,3)19(29)26(18(15)28)11-9-17(27)25-20-24-16(12-30-20)13-4-6-14(23)7-5-13/h4-7,12,15H,8-11H2,1-3H3,(H,24,25,27). The van der Waals surface area contributed by atoms with Gasteiger partial charge in [-0.15, -0.1) is 11.3 Å². The first-order chi connectivity index (χ1) is 14.1. The molecule has 158 valence electrons. The highest BCUT2D eigenvalue weighted by atomic mass is 35.5. The number of likely N-dealkylation sites (tertiary alicyclic amines) is 1. The lowest BCUT2D eigenvalue weighted by molar-refractivity contribution is -0.167. The minimum absolute atomic E-state index is 0.0521. The number of imide groups is 1. The van der Waals surface area contributed by atoms with Crippen molar-refractivity contribution in [2.45, 2.75) is 40.0 Å². The Morgan fingerprint density at radius 1 is 1.27 bits per heavy atom. The summed E-state index contributed by atoms with van der Waals surface area (Å²) >= 11 is 7.24. The summed E-state index contributed by atoms with van der Waals surface area (Å²) in [6.07, 6.45) is 1.49. The maximum Gasteiger partial charge on any atom is 0.235 e. The molecule has 2 heterocycles. The first kappa shape index (κ1) is 21.0. The number of fused-ring (bicyclic) bond motifs is 2. The van der Waals surface area contributed by atoms with Gasteiger partial charge in [0.2, 0.25) is 17.7 Å². The lowest BCUT2D eigenvalue weighted by atomic mass is 9.62. The summed E-state index contributed by atoms with van der Waals surface area (Å²) in [7, 11) is 0. The zero-order chi connectivity index (χ0) is 21.7. The molecule has 2 bridgehead atoms. The normalized spacial score (nSPS) is 24.9. The van der Waals surface area contributed by atoms with Crippen molar-refractivity contribution < 1.29 is 14.4 Å². The van der Waals surface area contributed by atoms with E-state index in [9.17, 15) is 14.4 Å². The number of hydrogen-bond donors (Lipinski definition) is 1. The fourth-order valence-corrected chi connectivity index (χ4v) is 5.45. The molecule has 2 aromatic rings. The Kier molecular flexibility index (Phi) is 5.22. The van der Waals surface area contributed by atoms with Crippen molar-refractivity contribution in [3.63, 3.8) is 0 Å². The van der Waals surface area contributed by atoms with Crippen molar-refractivity contribution in [3.8, 4) is 11.3 Å². The van der Waals surface area contributed by atoms with Crippen LogP contribution in [0.5, 0.6) is 0 Å². The van der Waals surface area contributed by atoms with Crippen LogP contribution in [0.4, 0.5) is 5.13 Å². The minimum atomic E-state index is -0.551. The fraction of sp³-hybridized carbons (Fsp3) is 0.455. The molecule has 1 aromatic heterocycles. The number of aromatic nitrogens is 1. The monoisotopic (exact) mass is 445 g/mol. The van der Waals surface area contributed by atoms with E-state index in [2.05, 4.69) is 10.3 Å². The Hall–Kier alpha value is -2.25. The molecule has 1 aromatic carbocycles. The van der Waals surface area contributed by atoms with E-state index in [0.717, 1.165) is 17.7 Å². The summed E-state index contributed by atoms with van der Waals surface area (Å²) in [5.74, 6) is -0.732. The number of nitrogens with one attached hydrogen (secondary N) is 1. The molecule has 0 radical (unpaired) electrons. The van der Waals surface area contributed by atoms with E-state index < -0.39 is 5.41 Å². The van der Waals surface area contributed by atoms with Crippen molar-refractivity contribution in [1.82, 2.24) is 9.88 Å². The van der Waals surface area contributed by atoms with Gasteiger partial charge in [0.25, 0.3) is 0 Å². The second kappa shape index (κ2) is 7.46. The van der Waals surface area contributed by atoms with Crippen LogP contribution in [0.15, 0.2) is 29.6 Å². The van der Waals surface area contributed by atoms with E-state index in [4.69, 9.17) is 11.6 Å². The fourth-order valence-electron chi connectivity index (χ4n) is 4.59. The third kappa shape index (κ3) is 3.34. The van der Waals surface area contributed by atoms with Gasteiger partial charge in [0.1, 0.15) is 0 Å². The summed E-state index contributed by atoms with van der Waals surface area (Å²) in [5.41, 5.74) is 0.760. The number of nitrogens with zero attached hydrogens (tertiary/aromatic N) is 2. The highest BCUT2D eigenvalue weighted by Gasteiger charge is 2.64. The highest BCUT2D eigenvalue weighted by Crippen LogP contribution is 2.60. The number of halogens is 1. The van der Waals surface area contributed by atoms with Crippen LogP contribution in [0.3, 0.4) is 0 Å². The molecule has 30 heavy (non-hydrogen) atoms. The molecule has 2 aliphatic rings. The molecule has 1 aliphatic carbocycles. The molecule has 8 heteroatoms. The third-order valence-electron chi connectivity index (χ3n) is 6.96. The van der Waals surface area contributed by atoms with Crippen molar-refractivity contribution >= 4 is 45.8 Å². The number of amides is 3. The van der Waals surface area contributed by atoms with Gasteiger partial charge in [-0.1, -0.05) is 44.5 Å². The molecular formula is C22H24ClN3O3S. The van der Waals surface area contributed by atoms with Gasteiger partial charge in [-0.2, -0.15) is 0 Å². The summed E-state index contributed by atoms with van der Waals surface area (Å²) in [6, 6.07) is 7.31. The summed E-state index contributed by atoms with van der Waals surface area (Å²) in [6.45, 7) is 6.06. The molecule has 2 fully saturated rings. The Morgan fingerprint density at radius 3 is 2.67 bits per heavy atom. The summed E-state index contributed by atoms with van der Waals surface area (Å²) < 4.78 is 0. The second-order valence-corrected chi connectivity index (χ2v) is 10.1. The average molecular weight is 446 g/mol. The minimum Gasteiger partial charge on any atom is -0.302 e. The quantitative estimate of drug-likeness (QED) is 0.682. The third-order valence-corrected chi connectivity index (χ3v) is 7.97. The van der Waals surface area contributed by atoms with E-state index in [1.54, 1.807) is 12.1 Å². The van der Waals surface area contributed by atoms with Gasteiger partial charge in [-0.3, -0.25) is 19.3 Å². The number of hydrogen-bond acceptors (Lipinski definition) is 5. The summed E-state index contributed by atoms with van der Waals surface area (Å²) in [5, 5.41) is 5.76. The lowest BCUT2D eigenvalue weighted by Crippen LogP contribution is -2.59. The number of rotatable bonds is 5.